The lowest BCUT2D eigenvalue weighted by Crippen LogP contribution is -2.08. The fourth-order valence-corrected chi connectivity index (χ4v) is 4.55. The molecule has 0 aliphatic heterocycles. The molecule has 0 saturated carbocycles. The number of hydrogen-bond donors (Lipinski definition) is 3. The molecule has 1 aliphatic carbocycles. The summed E-state index contributed by atoms with van der Waals surface area (Å²) in [4.78, 5) is 6.65. The first-order valence-electron chi connectivity index (χ1n) is 8.50. The van der Waals surface area contributed by atoms with Crippen molar-refractivity contribution in [2.75, 3.05) is 0 Å². The predicted octanol–water partition coefficient (Wildman–Crippen LogP) is 4.01. The van der Waals surface area contributed by atoms with Crippen molar-refractivity contribution in [2.24, 2.45) is 7.05 Å². The number of aromatic nitrogens is 4. The van der Waals surface area contributed by atoms with Crippen LogP contribution < -0.4 is 0 Å². The number of aryl methyl sites for hydroxylation is 2. The third kappa shape index (κ3) is 1.46. The Morgan fingerprint density at radius 1 is 1.12 bits per heavy atom. The SMILES string of the molecule is Cn1ncc2c1CCc1c-2c2c(O)[nH]cc2c2c1[nH]c1ccccc12. The minimum absolute atomic E-state index is 0.232. The van der Waals surface area contributed by atoms with Crippen LogP contribution in [-0.2, 0) is 19.9 Å². The summed E-state index contributed by atoms with van der Waals surface area (Å²) in [6.07, 6.45) is 5.73. The van der Waals surface area contributed by atoms with E-state index in [0.717, 1.165) is 40.3 Å². The van der Waals surface area contributed by atoms with E-state index in [1.165, 1.54) is 27.5 Å². The number of hydrogen-bond acceptors (Lipinski definition) is 2. The van der Waals surface area contributed by atoms with Crippen LogP contribution in [0.5, 0.6) is 5.88 Å². The van der Waals surface area contributed by atoms with Crippen LogP contribution in [0.4, 0.5) is 0 Å². The van der Waals surface area contributed by atoms with E-state index in [-0.39, 0.29) is 5.88 Å². The number of benzene rings is 2. The number of aromatic hydroxyl groups is 1. The number of nitrogens with zero attached hydrogens (tertiary/aromatic N) is 2. The van der Waals surface area contributed by atoms with E-state index in [1.807, 2.05) is 24.1 Å². The highest BCUT2D eigenvalue weighted by Gasteiger charge is 2.28. The maximum absolute atomic E-state index is 10.6. The molecule has 1 aliphatic rings. The summed E-state index contributed by atoms with van der Waals surface area (Å²) >= 11 is 0. The summed E-state index contributed by atoms with van der Waals surface area (Å²) in [6.45, 7) is 0. The molecule has 3 N–H and O–H groups in total. The molecule has 0 amide bonds. The van der Waals surface area contributed by atoms with Gasteiger partial charge in [-0.05, 0) is 24.5 Å². The molecule has 0 radical (unpaired) electrons. The summed E-state index contributed by atoms with van der Waals surface area (Å²) in [6, 6.07) is 8.36. The fourth-order valence-electron chi connectivity index (χ4n) is 4.55. The van der Waals surface area contributed by atoms with Gasteiger partial charge >= 0.3 is 0 Å². The third-order valence-electron chi connectivity index (χ3n) is 5.63. The van der Waals surface area contributed by atoms with Crippen LogP contribution in [0.25, 0.3) is 43.7 Å². The van der Waals surface area contributed by atoms with Gasteiger partial charge < -0.3 is 15.1 Å². The Kier molecular flexibility index (Phi) is 2.23. The van der Waals surface area contributed by atoms with E-state index in [0.29, 0.717) is 0 Å². The van der Waals surface area contributed by atoms with E-state index in [4.69, 9.17) is 0 Å². The van der Waals surface area contributed by atoms with E-state index in [1.54, 1.807) is 0 Å². The summed E-state index contributed by atoms with van der Waals surface area (Å²) < 4.78 is 1.95. The maximum Gasteiger partial charge on any atom is 0.197 e. The second-order valence-electron chi connectivity index (χ2n) is 6.83. The predicted molar refractivity (Wildman–Crippen MR) is 98.9 cm³/mol. The molecular formula is C20H16N4O. The van der Waals surface area contributed by atoms with Crippen molar-refractivity contribution in [3.8, 4) is 17.0 Å². The molecule has 0 spiro atoms. The molecule has 0 atom stereocenters. The Labute approximate surface area is 142 Å². The highest BCUT2D eigenvalue weighted by Crippen LogP contribution is 2.47. The normalized spacial score (nSPS) is 13.6. The number of nitrogens with one attached hydrogen (secondary N) is 2. The standard InChI is InChI=1S/C20H16N4O/c1-24-15-7-6-11-16(12(15)9-22-24)18-13(8-21-20(18)25)17-10-4-2-3-5-14(10)23-19(11)17/h2-5,8-9,21,23,25H,6-7H2,1H3. The van der Waals surface area contributed by atoms with Gasteiger partial charge in [0.05, 0.1) is 17.1 Å². The lowest BCUT2D eigenvalue weighted by molar-refractivity contribution is 0.463. The molecule has 2 aromatic carbocycles. The number of rotatable bonds is 0. The monoisotopic (exact) mass is 328 g/mol. The molecule has 5 nitrogen and oxygen atoms in total. The van der Waals surface area contributed by atoms with Crippen molar-refractivity contribution in [3.05, 3.63) is 47.9 Å². The lowest BCUT2D eigenvalue weighted by Gasteiger charge is -2.19. The summed E-state index contributed by atoms with van der Waals surface area (Å²) in [5.74, 6) is 0.232. The molecule has 0 unspecified atom stereocenters. The zero-order valence-electron chi connectivity index (χ0n) is 13.7. The molecule has 5 aromatic rings. The van der Waals surface area contributed by atoms with Gasteiger partial charge in [-0.2, -0.15) is 5.10 Å². The topological polar surface area (TPSA) is 69.6 Å². The lowest BCUT2D eigenvalue weighted by atomic mass is 9.85. The van der Waals surface area contributed by atoms with Crippen LogP contribution >= 0.6 is 0 Å². The molecular weight excluding hydrogens is 312 g/mol. The van der Waals surface area contributed by atoms with Crippen LogP contribution in [0.3, 0.4) is 0 Å². The molecule has 0 bridgehead atoms. The summed E-state index contributed by atoms with van der Waals surface area (Å²) in [7, 11) is 1.99. The zero-order valence-corrected chi connectivity index (χ0v) is 13.7. The summed E-state index contributed by atoms with van der Waals surface area (Å²) in [5.41, 5.74) is 7.05. The number of aromatic amines is 2. The van der Waals surface area contributed by atoms with Crippen LogP contribution in [0.15, 0.2) is 36.7 Å². The first-order valence-corrected chi connectivity index (χ1v) is 8.50. The van der Waals surface area contributed by atoms with Crippen LogP contribution in [-0.4, -0.2) is 24.9 Å². The highest BCUT2D eigenvalue weighted by molar-refractivity contribution is 6.26. The Hall–Kier alpha value is -3.21. The van der Waals surface area contributed by atoms with E-state index in [2.05, 4.69) is 39.3 Å². The van der Waals surface area contributed by atoms with Crippen molar-refractivity contribution >= 4 is 32.6 Å². The van der Waals surface area contributed by atoms with Gasteiger partial charge in [-0.1, -0.05) is 18.2 Å². The smallest absolute Gasteiger partial charge is 0.197 e. The highest BCUT2D eigenvalue weighted by atomic mass is 16.3. The van der Waals surface area contributed by atoms with Gasteiger partial charge in [-0.3, -0.25) is 4.68 Å². The largest absolute Gasteiger partial charge is 0.494 e. The molecule has 5 heteroatoms. The van der Waals surface area contributed by atoms with Crippen molar-refractivity contribution in [3.63, 3.8) is 0 Å². The Morgan fingerprint density at radius 3 is 2.92 bits per heavy atom. The Morgan fingerprint density at radius 2 is 2.00 bits per heavy atom. The van der Waals surface area contributed by atoms with Crippen molar-refractivity contribution in [2.45, 2.75) is 12.8 Å². The van der Waals surface area contributed by atoms with Crippen molar-refractivity contribution in [1.82, 2.24) is 19.7 Å². The number of H-pyrrole nitrogens is 2. The molecule has 3 heterocycles. The Bertz CT molecular complexity index is 1320. The molecule has 0 fully saturated rings. The first-order chi connectivity index (χ1) is 12.2. The molecule has 25 heavy (non-hydrogen) atoms. The van der Waals surface area contributed by atoms with Crippen LogP contribution in [0.1, 0.15) is 11.3 Å². The van der Waals surface area contributed by atoms with Gasteiger partial charge in [0, 0.05) is 51.7 Å². The maximum atomic E-state index is 10.6. The van der Waals surface area contributed by atoms with Gasteiger partial charge in [-0.25, -0.2) is 0 Å². The van der Waals surface area contributed by atoms with Gasteiger partial charge in [0.1, 0.15) is 0 Å². The summed E-state index contributed by atoms with van der Waals surface area (Å²) in [5, 5.41) is 19.4. The van der Waals surface area contributed by atoms with Gasteiger partial charge in [-0.15, -0.1) is 0 Å². The van der Waals surface area contributed by atoms with Crippen LogP contribution in [0, 0.1) is 0 Å². The Balaban J connectivity index is 1.93. The third-order valence-corrected chi connectivity index (χ3v) is 5.63. The van der Waals surface area contributed by atoms with Crippen molar-refractivity contribution < 1.29 is 5.11 Å². The number of fused-ring (bicyclic) bond motifs is 10. The second-order valence-corrected chi connectivity index (χ2v) is 6.83. The van der Waals surface area contributed by atoms with Crippen LogP contribution in [0.2, 0.25) is 0 Å². The quantitative estimate of drug-likeness (QED) is 0.402. The molecule has 6 rings (SSSR count). The molecule has 3 aromatic heterocycles. The molecule has 0 saturated heterocycles. The van der Waals surface area contributed by atoms with Gasteiger partial charge in [0.25, 0.3) is 0 Å². The zero-order chi connectivity index (χ0) is 16.7. The first kappa shape index (κ1) is 13.1. The minimum Gasteiger partial charge on any atom is -0.494 e. The second kappa shape index (κ2) is 4.25. The van der Waals surface area contributed by atoms with E-state index >= 15 is 0 Å². The number of para-hydroxylation sites is 1. The minimum atomic E-state index is 0.232. The fraction of sp³-hybridized carbons (Fsp3) is 0.150. The average Bonchev–Trinajstić information content (AvgIpc) is 3.30. The van der Waals surface area contributed by atoms with Gasteiger partial charge in [0.15, 0.2) is 5.88 Å². The van der Waals surface area contributed by atoms with Gasteiger partial charge in [0.2, 0.25) is 0 Å². The molecule has 122 valence electrons. The van der Waals surface area contributed by atoms with E-state index in [9.17, 15) is 5.11 Å². The van der Waals surface area contributed by atoms with E-state index < -0.39 is 0 Å². The average molecular weight is 328 g/mol. The van der Waals surface area contributed by atoms with Crippen molar-refractivity contribution in [1.29, 1.82) is 0 Å².